The predicted molar refractivity (Wildman–Crippen MR) is 83.3 cm³/mol. The summed E-state index contributed by atoms with van der Waals surface area (Å²) in [5.74, 6) is -0.249. The maximum atomic E-state index is 13.0. The van der Waals surface area contributed by atoms with E-state index < -0.39 is 0 Å². The van der Waals surface area contributed by atoms with Gasteiger partial charge in [-0.2, -0.15) is 5.10 Å². The van der Waals surface area contributed by atoms with Gasteiger partial charge in [-0.3, -0.25) is 15.0 Å². The van der Waals surface area contributed by atoms with E-state index in [1.807, 2.05) is 0 Å². The van der Waals surface area contributed by atoms with Crippen LogP contribution in [0.15, 0.2) is 24.3 Å². The van der Waals surface area contributed by atoms with Gasteiger partial charge >= 0.3 is 5.69 Å². The van der Waals surface area contributed by atoms with Crippen LogP contribution < -0.4 is 0 Å². The van der Waals surface area contributed by atoms with Gasteiger partial charge in [0.05, 0.1) is 11.6 Å². The van der Waals surface area contributed by atoms with Crippen molar-refractivity contribution in [2.45, 2.75) is 45.9 Å². The summed E-state index contributed by atoms with van der Waals surface area (Å²) in [6.45, 7) is 4.56. The molecule has 1 saturated carbocycles. The Hall–Kier alpha value is -2.28. The average Bonchev–Trinajstić information content (AvgIpc) is 3.28. The average molecular weight is 318 g/mol. The van der Waals surface area contributed by atoms with Gasteiger partial charge in [0.1, 0.15) is 17.2 Å². The van der Waals surface area contributed by atoms with E-state index in [-0.39, 0.29) is 16.4 Å². The molecule has 7 heteroatoms. The first-order valence-electron chi connectivity index (χ1n) is 7.62. The lowest BCUT2D eigenvalue weighted by molar-refractivity contribution is -0.386. The van der Waals surface area contributed by atoms with Crippen LogP contribution in [0.4, 0.5) is 10.1 Å². The Morgan fingerprint density at radius 2 is 2.00 bits per heavy atom. The Labute approximate surface area is 133 Å². The Morgan fingerprint density at radius 1 is 1.35 bits per heavy atom. The van der Waals surface area contributed by atoms with Crippen molar-refractivity contribution in [3.63, 3.8) is 0 Å². The van der Waals surface area contributed by atoms with Gasteiger partial charge in [-0.15, -0.1) is 0 Å². The summed E-state index contributed by atoms with van der Waals surface area (Å²) in [5, 5.41) is 15.4. The van der Waals surface area contributed by atoms with Crippen LogP contribution in [0, 0.1) is 29.8 Å². The highest BCUT2D eigenvalue weighted by Gasteiger charge is 2.31. The van der Waals surface area contributed by atoms with E-state index in [1.54, 1.807) is 30.7 Å². The summed E-state index contributed by atoms with van der Waals surface area (Å²) < 4.78 is 14.7. The molecule has 0 radical (unpaired) electrons. The van der Waals surface area contributed by atoms with E-state index in [0.29, 0.717) is 30.6 Å². The highest BCUT2D eigenvalue weighted by molar-refractivity contribution is 5.39. The van der Waals surface area contributed by atoms with Crippen LogP contribution in [0.3, 0.4) is 0 Å². The minimum Gasteiger partial charge on any atom is -0.277 e. The summed E-state index contributed by atoms with van der Waals surface area (Å²) in [7, 11) is 0. The quantitative estimate of drug-likeness (QED) is 0.606. The van der Waals surface area contributed by atoms with E-state index >= 15 is 0 Å². The normalized spacial score (nSPS) is 14.4. The number of hydrogen-bond acceptors (Lipinski definition) is 4. The Bertz CT molecular complexity index is 722. The zero-order valence-electron chi connectivity index (χ0n) is 13.2. The SMILES string of the molecule is Cc1nn(CN(Cc2ccc(F)cc2)C2CC2)c(C)c1[N+](=O)[O-]. The minimum atomic E-state index is -0.379. The summed E-state index contributed by atoms with van der Waals surface area (Å²) in [5.41, 5.74) is 2.11. The second-order valence-corrected chi connectivity index (χ2v) is 6.02. The van der Waals surface area contributed by atoms with Crippen LogP contribution in [0.2, 0.25) is 0 Å². The third kappa shape index (κ3) is 3.39. The van der Waals surface area contributed by atoms with Crippen LogP contribution in [0.5, 0.6) is 0 Å². The van der Waals surface area contributed by atoms with Crippen LogP contribution in [0.1, 0.15) is 29.8 Å². The number of aryl methyl sites for hydroxylation is 1. The predicted octanol–water partition coefficient (Wildman–Crippen LogP) is 3.17. The third-order valence-corrected chi connectivity index (χ3v) is 4.20. The molecule has 0 atom stereocenters. The highest BCUT2D eigenvalue weighted by Crippen LogP contribution is 2.30. The molecule has 0 saturated heterocycles. The van der Waals surface area contributed by atoms with Gasteiger partial charge < -0.3 is 0 Å². The largest absolute Gasteiger partial charge is 0.312 e. The first-order valence-corrected chi connectivity index (χ1v) is 7.62. The van der Waals surface area contributed by atoms with Gasteiger partial charge in [0.2, 0.25) is 0 Å². The van der Waals surface area contributed by atoms with Crippen molar-refractivity contribution < 1.29 is 9.31 Å². The van der Waals surface area contributed by atoms with Crippen molar-refractivity contribution in [1.29, 1.82) is 0 Å². The molecule has 0 spiro atoms. The number of nitro groups is 1. The summed E-state index contributed by atoms with van der Waals surface area (Å²) in [4.78, 5) is 13.0. The van der Waals surface area contributed by atoms with Crippen LogP contribution in [-0.2, 0) is 13.2 Å². The molecule has 0 unspecified atom stereocenters. The van der Waals surface area contributed by atoms with E-state index in [2.05, 4.69) is 10.00 Å². The molecule has 1 aliphatic rings. The van der Waals surface area contributed by atoms with E-state index in [1.165, 1.54) is 12.1 Å². The number of aromatic nitrogens is 2. The molecular formula is C16H19FN4O2. The number of hydrogen-bond donors (Lipinski definition) is 0. The van der Waals surface area contributed by atoms with E-state index in [9.17, 15) is 14.5 Å². The van der Waals surface area contributed by atoms with Gasteiger partial charge in [0, 0.05) is 12.6 Å². The van der Waals surface area contributed by atoms with Gasteiger partial charge in [-0.25, -0.2) is 9.07 Å². The zero-order chi connectivity index (χ0) is 16.6. The van der Waals surface area contributed by atoms with Crippen molar-refractivity contribution >= 4 is 5.69 Å². The minimum absolute atomic E-state index is 0.0857. The zero-order valence-corrected chi connectivity index (χ0v) is 13.2. The standard InChI is InChI=1S/C16H19FN4O2/c1-11-16(21(22)23)12(2)20(18-11)10-19(15-7-8-15)9-13-3-5-14(17)6-4-13/h3-6,15H,7-10H2,1-2H3. The van der Waals surface area contributed by atoms with Crippen molar-refractivity contribution in [1.82, 2.24) is 14.7 Å². The topological polar surface area (TPSA) is 64.2 Å². The van der Waals surface area contributed by atoms with Gasteiger partial charge in [0.25, 0.3) is 0 Å². The van der Waals surface area contributed by atoms with Gasteiger partial charge in [0.15, 0.2) is 0 Å². The van der Waals surface area contributed by atoms with Crippen LogP contribution in [0.25, 0.3) is 0 Å². The Balaban J connectivity index is 1.79. The highest BCUT2D eigenvalue weighted by atomic mass is 19.1. The number of halogens is 1. The molecule has 6 nitrogen and oxygen atoms in total. The fourth-order valence-electron chi connectivity index (χ4n) is 2.82. The fraction of sp³-hybridized carbons (Fsp3) is 0.438. The van der Waals surface area contributed by atoms with Crippen molar-refractivity contribution in [2.75, 3.05) is 0 Å². The molecule has 2 aromatic rings. The lowest BCUT2D eigenvalue weighted by Crippen LogP contribution is -2.29. The maximum absolute atomic E-state index is 13.0. The Kier molecular flexibility index (Phi) is 4.12. The molecule has 1 fully saturated rings. The lowest BCUT2D eigenvalue weighted by atomic mass is 10.2. The molecule has 1 aromatic carbocycles. The summed E-state index contributed by atoms with van der Waals surface area (Å²) in [6, 6.07) is 6.91. The third-order valence-electron chi connectivity index (χ3n) is 4.20. The first-order chi connectivity index (χ1) is 11.0. The fourth-order valence-corrected chi connectivity index (χ4v) is 2.82. The molecular weight excluding hydrogens is 299 g/mol. The molecule has 1 aliphatic carbocycles. The van der Waals surface area contributed by atoms with Crippen molar-refractivity contribution in [3.05, 3.63) is 57.1 Å². The monoisotopic (exact) mass is 318 g/mol. The summed E-state index contributed by atoms with van der Waals surface area (Å²) in [6.07, 6.45) is 2.23. The molecule has 3 rings (SSSR count). The maximum Gasteiger partial charge on any atom is 0.312 e. The lowest BCUT2D eigenvalue weighted by Gasteiger charge is -2.22. The molecule has 0 aliphatic heterocycles. The first kappa shape index (κ1) is 15.6. The second kappa shape index (κ2) is 6.08. The smallest absolute Gasteiger partial charge is 0.277 e. The summed E-state index contributed by atoms with van der Waals surface area (Å²) >= 11 is 0. The van der Waals surface area contributed by atoms with Gasteiger partial charge in [-0.05, 0) is 44.4 Å². The number of nitrogens with zero attached hydrogens (tertiary/aromatic N) is 4. The van der Waals surface area contributed by atoms with Crippen molar-refractivity contribution in [3.8, 4) is 0 Å². The van der Waals surface area contributed by atoms with E-state index in [4.69, 9.17) is 0 Å². The number of benzene rings is 1. The molecule has 1 heterocycles. The van der Waals surface area contributed by atoms with Crippen LogP contribution in [-0.4, -0.2) is 25.6 Å². The Morgan fingerprint density at radius 3 is 2.52 bits per heavy atom. The molecule has 23 heavy (non-hydrogen) atoms. The van der Waals surface area contributed by atoms with Crippen molar-refractivity contribution in [2.24, 2.45) is 0 Å². The van der Waals surface area contributed by atoms with Crippen LogP contribution >= 0.6 is 0 Å². The second-order valence-electron chi connectivity index (χ2n) is 6.02. The molecule has 122 valence electrons. The molecule has 0 bridgehead atoms. The van der Waals surface area contributed by atoms with E-state index in [0.717, 1.165) is 18.4 Å². The molecule has 0 N–H and O–H groups in total. The van der Waals surface area contributed by atoms with Gasteiger partial charge in [-0.1, -0.05) is 12.1 Å². The molecule has 0 amide bonds. The molecule has 1 aromatic heterocycles. The number of rotatable bonds is 6.